The molecule has 0 fully saturated rings. The molecule has 4 N–H and O–H groups in total. The van der Waals surface area contributed by atoms with Crippen LogP contribution in [-0.2, 0) is 0 Å². The summed E-state index contributed by atoms with van der Waals surface area (Å²) in [5.74, 6) is 0.409. The van der Waals surface area contributed by atoms with Gasteiger partial charge in [0.25, 0.3) is 0 Å². The van der Waals surface area contributed by atoms with Crippen LogP contribution in [0.2, 0.25) is 0 Å². The number of halogens is 1. The first-order valence-electron chi connectivity index (χ1n) is 3.39. The van der Waals surface area contributed by atoms with Crippen molar-refractivity contribution in [2.75, 3.05) is 5.73 Å². The van der Waals surface area contributed by atoms with Crippen molar-refractivity contribution in [3.63, 3.8) is 0 Å². The molecule has 0 unspecified atom stereocenters. The summed E-state index contributed by atoms with van der Waals surface area (Å²) >= 11 is 4.19. The molecule has 2 aromatic rings. The number of hydrogen-bond acceptors (Lipinski definition) is 5. The SMILES string of the molecule is Nc1ncnc2[nH]cnc12.O=C(O)Cl. The molecule has 2 rings (SSSR count). The second-order valence-corrected chi connectivity index (χ2v) is 2.43. The van der Waals surface area contributed by atoms with Gasteiger partial charge in [-0.1, -0.05) is 0 Å². The number of nitrogens with zero attached hydrogens (tertiary/aromatic N) is 3. The molecule has 7 nitrogen and oxygen atoms in total. The molecule has 0 atom stereocenters. The number of nitrogen functional groups attached to an aromatic ring is 1. The Balaban J connectivity index is 0.000000213. The quantitative estimate of drug-likeness (QED) is 0.561. The highest BCUT2D eigenvalue weighted by molar-refractivity contribution is 6.60. The normalized spacial score (nSPS) is 9.21. The van der Waals surface area contributed by atoms with Gasteiger partial charge in [0.2, 0.25) is 0 Å². The maximum Gasteiger partial charge on any atom is 0.401 e. The monoisotopic (exact) mass is 215 g/mol. The Labute approximate surface area is 83.0 Å². The molecule has 0 radical (unpaired) electrons. The third-order valence-corrected chi connectivity index (χ3v) is 1.25. The van der Waals surface area contributed by atoms with Crippen molar-refractivity contribution in [2.24, 2.45) is 0 Å². The second-order valence-electron chi connectivity index (χ2n) is 2.11. The van der Waals surface area contributed by atoms with Crippen LogP contribution in [0.4, 0.5) is 10.6 Å². The molecule has 2 heterocycles. The molecular weight excluding hydrogens is 210 g/mol. The van der Waals surface area contributed by atoms with Gasteiger partial charge in [0, 0.05) is 11.6 Å². The van der Waals surface area contributed by atoms with Crippen LogP contribution in [0.5, 0.6) is 0 Å². The Morgan fingerprint density at radius 3 is 2.71 bits per heavy atom. The highest BCUT2D eigenvalue weighted by atomic mass is 35.5. The molecule has 14 heavy (non-hydrogen) atoms. The lowest BCUT2D eigenvalue weighted by Gasteiger charge is -1.88. The predicted octanol–water partition coefficient (Wildman–Crippen LogP) is 0.838. The first-order chi connectivity index (χ1) is 6.61. The Morgan fingerprint density at radius 2 is 2.14 bits per heavy atom. The summed E-state index contributed by atoms with van der Waals surface area (Å²) in [6.45, 7) is 0. The van der Waals surface area contributed by atoms with Gasteiger partial charge in [0.15, 0.2) is 11.5 Å². The highest BCUT2D eigenvalue weighted by Gasteiger charge is 1.99. The second kappa shape index (κ2) is 4.38. The highest BCUT2D eigenvalue weighted by Crippen LogP contribution is 2.09. The van der Waals surface area contributed by atoms with Crippen LogP contribution in [0.1, 0.15) is 0 Å². The standard InChI is InChI=1S/C5H5N5.CHClO2/c6-4-3-5(9-1-7-3)10-2-8-4;2-1(3)4/h1-2H,(H3,6,7,8,9,10);(H,3,4). The van der Waals surface area contributed by atoms with Gasteiger partial charge in [0.1, 0.15) is 11.8 Å². The molecule has 0 saturated heterocycles. The molecular formula is C6H6ClN5O2. The van der Waals surface area contributed by atoms with Gasteiger partial charge in [-0.15, -0.1) is 0 Å². The summed E-state index contributed by atoms with van der Waals surface area (Å²) in [5, 5.41) is 7.18. The summed E-state index contributed by atoms with van der Waals surface area (Å²) in [5.41, 5.74) is 5.41. The fraction of sp³-hybridized carbons (Fsp3) is 0. The number of hydrogen-bond donors (Lipinski definition) is 3. The van der Waals surface area contributed by atoms with E-state index in [0.717, 1.165) is 0 Å². The average molecular weight is 216 g/mol. The van der Waals surface area contributed by atoms with E-state index in [9.17, 15) is 0 Å². The Bertz CT molecular complexity index is 438. The van der Waals surface area contributed by atoms with Gasteiger partial charge in [-0.05, 0) is 0 Å². The van der Waals surface area contributed by atoms with E-state index >= 15 is 0 Å². The number of rotatable bonds is 0. The minimum atomic E-state index is -1.36. The molecule has 0 spiro atoms. The molecule has 74 valence electrons. The van der Waals surface area contributed by atoms with Crippen LogP contribution in [0.15, 0.2) is 12.7 Å². The number of anilines is 1. The fourth-order valence-corrected chi connectivity index (χ4v) is 0.783. The number of fused-ring (bicyclic) bond motifs is 1. The number of aromatic nitrogens is 4. The van der Waals surface area contributed by atoms with E-state index in [4.69, 9.17) is 15.6 Å². The van der Waals surface area contributed by atoms with E-state index in [2.05, 4.69) is 31.5 Å². The van der Waals surface area contributed by atoms with Gasteiger partial charge >= 0.3 is 5.43 Å². The summed E-state index contributed by atoms with van der Waals surface area (Å²) < 4.78 is 0. The molecule has 0 aliphatic rings. The molecule has 0 aliphatic carbocycles. The van der Waals surface area contributed by atoms with Crippen molar-refractivity contribution < 1.29 is 9.90 Å². The maximum atomic E-state index is 8.77. The number of nitrogens with two attached hydrogens (primary N) is 1. The van der Waals surface area contributed by atoms with Crippen molar-refractivity contribution >= 4 is 34.0 Å². The summed E-state index contributed by atoms with van der Waals surface area (Å²) in [7, 11) is 0. The average Bonchev–Trinajstić information content (AvgIpc) is 2.52. The zero-order valence-electron chi connectivity index (χ0n) is 6.81. The van der Waals surface area contributed by atoms with E-state index in [1.807, 2.05) is 0 Å². The lowest BCUT2D eigenvalue weighted by atomic mass is 10.5. The van der Waals surface area contributed by atoms with Gasteiger partial charge < -0.3 is 15.8 Å². The Morgan fingerprint density at radius 1 is 1.50 bits per heavy atom. The minimum absolute atomic E-state index is 0.409. The number of nitrogens with one attached hydrogen (secondary N) is 1. The first-order valence-corrected chi connectivity index (χ1v) is 3.77. The summed E-state index contributed by atoms with van der Waals surface area (Å²) in [6, 6.07) is 0. The van der Waals surface area contributed by atoms with Crippen LogP contribution < -0.4 is 5.73 Å². The number of H-pyrrole nitrogens is 1. The van der Waals surface area contributed by atoms with E-state index in [-0.39, 0.29) is 0 Å². The van der Waals surface area contributed by atoms with Gasteiger partial charge in [0.05, 0.1) is 6.33 Å². The van der Waals surface area contributed by atoms with Crippen LogP contribution in [0.3, 0.4) is 0 Å². The fourth-order valence-electron chi connectivity index (χ4n) is 0.783. The predicted molar refractivity (Wildman–Crippen MR) is 50.0 cm³/mol. The molecule has 0 aromatic carbocycles. The van der Waals surface area contributed by atoms with Gasteiger partial charge in [-0.3, -0.25) is 0 Å². The minimum Gasteiger partial charge on any atom is -0.469 e. The largest absolute Gasteiger partial charge is 0.469 e. The summed E-state index contributed by atoms with van der Waals surface area (Å²) in [6.07, 6.45) is 2.94. The zero-order chi connectivity index (χ0) is 10.6. The Hall–Kier alpha value is -1.89. The lowest BCUT2D eigenvalue weighted by molar-refractivity contribution is 0.220. The number of aromatic amines is 1. The topological polar surface area (TPSA) is 118 Å². The molecule has 0 aliphatic heterocycles. The third kappa shape index (κ3) is 2.56. The van der Waals surface area contributed by atoms with Gasteiger partial charge in [-0.25, -0.2) is 19.7 Å². The van der Waals surface area contributed by atoms with Crippen LogP contribution >= 0.6 is 11.6 Å². The van der Waals surface area contributed by atoms with Crippen LogP contribution in [-0.4, -0.2) is 30.5 Å². The third-order valence-electron chi connectivity index (χ3n) is 1.25. The van der Waals surface area contributed by atoms with E-state index < -0.39 is 5.43 Å². The van der Waals surface area contributed by atoms with Crippen molar-refractivity contribution in [1.29, 1.82) is 0 Å². The number of carboxylic acid groups (broad SMARTS) is 1. The van der Waals surface area contributed by atoms with Crippen LogP contribution in [0, 0.1) is 0 Å². The molecule has 0 saturated carbocycles. The molecule has 0 bridgehead atoms. The molecule has 8 heteroatoms. The van der Waals surface area contributed by atoms with E-state index in [1.54, 1.807) is 0 Å². The molecule has 2 aromatic heterocycles. The van der Waals surface area contributed by atoms with Crippen molar-refractivity contribution in [2.45, 2.75) is 0 Å². The Kier molecular flexibility index (Phi) is 3.19. The van der Waals surface area contributed by atoms with E-state index in [0.29, 0.717) is 17.0 Å². The lowest BCUT2D eigenvalue weighted by Crippen LogP contribution is -1.91. The van der Waals surface area contributed by atoms with Crippen molar-refractivity contribution in [3.05, 3.63) is 12.7 Å². The van der Waals surface area contributed by atoms with Crippen molar-refractivity contribution in [3.8, 4) is 0 Å². The zero-order valence-corrected chi connectivity index (χ0v) is 7.56. The van der Waals surface area contributed by atoms with Crippen LogP contribution in [0.25, 0.3) is 11.2 Å². The first kappa shape index (κ1) is 10.2. The number of carbonyl (C=O) groups is 1. The summed E-state index contributed by atoms with van der Waals surface area (Å²) in [4.78, 5) is 23.2. The molecule has 0 amide bonds. The number of imidazole rings is 1. The van der Waals surface area contributed by atoms with Crippen molar-refractivity contribution in [1.82, 2.24) is 19.9 Å². The smallest absolute Gasteiger partial charge is 0.401 e. The maximum absolute atomic E-state index is 8.77. The van der Waals surface area contributed by atoms with E-state index in [1.165, 1.54) is 12.7 Å². The van der Waals surface area contributed by atoms with Gasteiger partial charge in [-0.2, -0.15) is 0 Å².